The highest BCUT2D eigenvalue weighted by Gasteiger charge is 2.19. The van der Waals surface area contributed by atoms with E-state index >= 15 is 0 Å². The van der Waals surface area contributed by atoms with Gasteiger partial charge in [0, 0.05) is 7.05 Å². The summed E-state index contributed by atoms with van der Waals surface area (Å²) in [7, 11) is 1.59. The summed E-state index contributed by atoms with van der Waals surface area (Å²) in [4.78, 5) is -0.517. The van der Waals surface area contributed by atoms with E-state index in [-0.39, 0.29) is 6.04 Å². The first-order valence-corrected chi connectivity index (χ1v) is 5.66. The number of unbranched alkanes of at least 4 members (excludes halogenated alkanes) is 3. The third kappa shape index (κ3) is 6.55. The Balaban J connectivity index is 3.58. The fourth-order valence-corrected chi connectivity index (χ4v) is 1.83. The minimum atomic E-state index is -0.517. The second-order valence-electron chi connectivity index (χ2n) is 3.32. The lowest BCUT2D eigenvalue weighted by atomic mass is 10.1. The molecule has 80 valence electrons. The summed E-state index contributed by atoms with van der Waals surface area (Å²) < 4.78 is 0. The van der Waals surface area contributed by atoms with Crippen LogP contribution in [0, 0.1) is 0 Å². The lowest BCUT2D eigenvalue weighted by molar-refractivity contribution is -0.101. The van der Waals surface area contributed by atoms with Crippen LogP contribution in [0.2, 0.25) is 0 Å². The first-order valence-electron chi connectivity index (χ1n) is 4.79. The molecule has 0 fully saturated rings. The lowest BCUT2D eigenvalue weighted by Crippen LogP contribution is -2.33. The zero-order valence-electron chi connectivity index (χ0n) is 8.34. The molecule has 2 nitrogen and oxygen atoms in total. The summed E-state index contributed by atoms with van der Waals surface area (Å²) in [6, 6.07) is -0.139. The Labute approximate surface area is 90.8 Å². The minimum absolute atomic E-state index is 0.139. The Morgan fingerprint density at radius 2 is 1.85 bits per heavy atom. The van der Waals surface area contributed by atoms with Crippen molar-refractivity contribution in [1.82, 2.24) is 5.06 Å². The van der Waals surface area contributed by atoms with Gasteiger partial charge in [0.15, 0.2) is 0 Å². The van der Waals surface area contributed by atoms with Crippen molar-refractivity contribution in [2.24, 2.45) is 0 Å². The van der Waals surface area contributed by atoms with E-state index in [0.717, 1.165) is 17.9 Å². The number of nitrogens with zero attached hydrogens (tertiary/aromatic N) is 1. The molecule has 4 heteroatoms. The van der Waals surface area contributed by atoms with Crippen molar-refractivity contribution in [2.75, 3.05) is 7.05 Å². The van der Waals surface area contributed by atoms with Gasteiger partial charge in [-0.05, 0) is 6.42 Å². The third-order valence-electron chi connectivity index (χ3n) is 2.12. The molecule has 13 heavy (non-hydrogen) atoms. The zero-order valence-corrected chi connectivity index (χ0v) is 9.85. The molecule has 0 saturated heterocycles. The van der Waals surface area contributed by atoms with Crippen molar-refractivity contribution >= 4 is 23.2 Å². The van der Waals surface area contributed by atoms with Crippen LogP contribution in [0.5, 0.6) is 0 Å². The van der Waals surface area contributed by atoms with Crippen molar-refractivity contribution in [2.45, 2.75) is 49.9 Å². The Morgan fingerprint density at radius 3 is 2.23 bits per heavy atom. The molecular formula is C9H19Cl2NO. The molecule has 1 atom stereocenters. The van der Waals surface area contributed by atoms with Gasteiger partial charge in [0.1, 0.15) is 4.84 Å². The van der Waals surface area contributed by atoms with E-state index in [9.17, 15) is 5.21 Å². The molecule has 0 aromatic carbocycles. The van der Waals surface area contributed by atoms with Gasteiger partial charge in [-0.3, -0.25) is 0 Å². The highest BCUT2D eigenvalue weighted by molar-refractivity contribution is 6.44. The molecule has 0 heterocycles. The summed E-state index contributed by atoms with van der Waals surface area (Å²) in [6.07, 6.45) is 5.55. The van der Waals surface area contributed by atoms with E-state index in [4.69, 9.17) is 23.2 Å². The molecule has 0 aliphatic heterocycles. The topological polar surface area (TPSA) is 23.5 Å². The maximum Gasteiger partial charge on any atom is 0.125 e. The minimum Gasteiger partial charge on any atom is -0.314 e. The van der Waals surface area contributed by atoms with Gasteiger partial charge in [-0.1, -0.05) is 32.6 Å². The molecule has 0 radical (unpaired) electrons. The quantitative estimate of drug-likeness (QED) is 0.410. The van der Waals surface area contributed by atoms with Crippen molar-refractivity contribution in [3.05, 3.63) is 0 Å². The smallest absolute Gasteiger partial charge is 0.125 e. The molecule has 0 rings (SSSR count). The standard InChI is InChI=1S/C9H19Cl2NO/c1-3-4-5-6-7-8(9(10)11)12(2)13/h8-9,13H,3-7H2,1-2H3. The zero-order chi connectivity index (χ0) is 10.3. The van der Waals surface area contributed by atoms with Crippen LogP contribution >= 0.6 is 23.2 Å². The Hall–Kier alpha value is 0.500. The Bertz CT molecular complexity index is 112. The van der Waals surface area contributed by atoms with Gasteiger partial charge in [0.2, 0.25) is 0 Å². The fourth-order valence-electron chi connectivity index (χ4n) is 1.26. The van der Waals surface area contributed by atoms with Crippen LogP contribution in [-0.2, 0) is 0 Å². The third-order valence-corrected chi connectivity index (χ3v) is 2.71. The molecule has 0 aliphatic rings. The van der Waals surface area contributed by atoms with Crippen molar-refractivity contribution < 1.29 is 5.21 Å². The first-order chi connectivity index (χ1) is 6.09. The predicted octanol–water partition coefficient (Wildman–Crippen LogP) is 3.45. The number of rotatable bonds is 7. The Kier molecular flexibility index (Phi) is 8.17. The molecule has 1 N–H and O–H groups in total. The van der Waals surface area contributed by atoms with Crippen LogP contribution in [-0.4, -0.2) is 28.2 Å². The average Bonchev–Trinajstić information content (AvgIpc) is 2.02. The summed E-state index contributed by atoms with van der Waals surface area (Å²) >= 11 is 11.4. The van der Waals surface area contributed by atoms with E-state index < -0.39 is 4.84 Å². The maximum atomic E-state index is 9.20. The SMILES string of the molecule is CCCCCCC(C(Cl)Cl)N(C)O. The van der Waals surface area contributed by atoms with Crippen LogP contribution in [0.1, 0.15) is 39.0 Å². The summed E-state index contributed by atoms with van der Waals surface area (Å²) in [5.74, 6) is 0. The molecule has 0 saturated carbocycles. The molecule has 0 spiro atoms. The monoisotopic (exact) mass is 227 g/mol. The molecular weight excluding hydrogens is 209 g/mol. The lowest BCUT2D eigenvalue weighted by Gasteiger charge is -2.23. The Morgan fingerprint density at radius 1 is 1.23 bits per heavy atom. The van der Waals surface area contributed by atoms with Crippen LogP contribution in [0.3, 0.4) is 0 Å². The molecule has 0 aromatic heterocycles. The number of hydroxylamine groups is 2. The van der Waals surface area contributed by atoms with E-state index in [1.54, 1.807) is 7.05 Å². The normalized spacial score (nSPS) is 14.1. The second kappa shape index (κ2) is 7.86. The number of hydrogen-bond acceptors (Lipinski definition) is 2. The molecule has 0 aliphatic carbocycles. The summed E-state index contributed by atoms with van der Waals surface area (Å²) in [5, 5.41) is 10.3. The van der Waals surface area contributed by atoms with Crippen LogP contribution in [0.15, 0.2) is 0 Å². The number of hydrogen-bond donors (Lipinski definition) is 1. The summed E-state index contributed by atoms with van der Waals surface area (Å²) in [5.41, 5.74) is 0. The highest BCUT2D eigenvalue weighted by atomic mass is 35.5. The fraction of sp³-hybridized carbons (Fsp3) is 1.00. The van der Waals surface area contributed by atoms with Crippen LogP contribution in [0.25, 0.3) is 0 Å². The van der Waals surface area contributed by atoms with E-state index in [2.05, 4.69) is 6.92 Å². The van der Waals surface area contributed by atoms with E-state index in [1.165, 1.54) is 19.3 Å². The second-order valence-corrected chi connectivity index (χ2v) is 4.49. The molecule has 0 aromatic rings. The average molecular weight is 228 g/mol. The van der Waals surface area contributed by atoms with Gasteiger partial charge in [-0.15, -0.1) is 23.2 Å². The summed E-state index contributed by atoms with van der Waals surface area (Å²) in [6.45, 7) is 2.17. The molecule has 0 amide bonds. The number of halogens is 2. The van der Waals surface area contributed by atoms with Crippen molar-refractivity contribution in [3.8, 4) is 0 Å². The van der Waals surface area contributed by atoms with Crippen LogP contribution < -0.4 is 0 Å². The highest BCUT2D eigenvalue weighted by Crippen LogP contribution is 2.18. The van der Waals surface area contributed by atoms with Gasteiger partial charge in [-0.25, -0.2) is 0 Å². The van der Waals surface area contributed by atoms with Gasteiger partial charge < -0.3 is 5.21 Å². The van der Waals surface area contributed by atoms with Gasteiger partial charge in [0.05, 0.1) is 6.04 Å². The van der Waals surface area contributed by atoms with E-state index in [1.807, 2.05) is 0 Å². The van der Waals surface area contributed by atoms with Gasteiger partial charge in [0.25, 0.3) is 0 Å². The predicted molar refractivity (Wildman–Crippen MR) is 57.6 cm³/mol. The van der Waals surface area contributed by atoms with Crippen LogP contribution in [0.4, 0.5) is 0 Å². The van der Waals surface area contributed by atoms with Crippen molar-refractivity contribution in [1.29, 1.82) is 0 Å². The van der Waals surface area contributed by atoms with Gasteiger partial charge >= 0.3 is 0 Å². The van der Waals surface area contributed by atoms with E-state index in [0.29, 0.717) is 0 Å². The maximum absolute atomic E-state index is 9.20. The molecule has 1 unspecified atom stereocenters. The molecule has 0 bridgehead atoms. The number of alkyl halides is 2. The first kappa shape index (κ1) is 13.5. The van der Waals surface area contributed by atoms with Gasteiger partial charge in [-0.2, -0.15) is 5.06 Å². The largest absolute Gasteiger partial charge is 0.314 e. The van der Waals surface area contributed by atoms with Crippen molar-refractivity contribution in [3.63, 3.8) is 0 Å².